The van der Waals surface area contributed by atoms with Gasteiger partial charge in [0.05, 0.1) is 12.2 Å². The highest BCUT2D eigenvalue weighted by molar-refractivity contribution is 5.32. The minimum Gasteiger partial charge on any atom is -0.364 e. The van der Waals surface area contributed by atoms with Gasteiger partial charge in [-0.25, -0.2) is 4.98 Å². The van der Waals surface area contributed by atoms with Crippen molar-refractivity contribution in [2.45, 2.75) is 5.92 Å². The normalized spacial score (nSPS) is 11.1. The van der Waals surface area contributed by atoms with Crippen LogP contribution in [0.1, 0.15) is 23.0 Å². The molecule has 0 fully saturated rings. The van der Waals surface area contributed by atoms with Crippen LogP contribution in [-0.2, 0) is 0 Å². The third-order valence-electron chi connectivity index (χ3n) is 2.70. The maximum atomic E-state index is 4.08. The number of hydrogen-bond donors (Lipinski definition) is 3. The highest BCUT2D eigenvalue weighted by atomic mass is 14.9. The first kappa shape index (κ1) is 9.03. The van der Waals surface area contributed by atoms with Crippen molar-refractivity contribution in [3.8, 4) is 0 Å². The minimum atomic E-state index is 0.160. The van der Waals surface area contributed by atoms with Crippen molar-refractivity contribution >= 4 is 0 Å². The SMILES string of the molecule is c1c[nH]c(C(c2ccc[nH]2)c2cnc[nH]2)c1. The van der Waals surface area contributed by atoms with E-state index in [1.165, 1.54) is 0 Å². The van der Waals surface area contributed by atoms with Crippen LogP contribution >= 0.6 is 0 Å². The molecule has 4 heteroatoms. The Balaban J connectivity index is 2.09. The molecule has 3 N–H and O–H groups in total. The summed E-state index contributed by atoms with van der Waals surface area (Å²) in [6.07, 6.45) is 7.42. The van der Waals surface area contributed by atoms with Gasteiger partial charge in [-0.05, 0) is 24.3 Å². The van der Waals surface area contributed by atoms with E-state index in [4.69, 9.17) is 0 Å². The molecule has 0 aliphatic carbocycles. The fourth-order valence-electron chi connectivity index (χ4n) is 1.97. The summed E-state index contributed by atoms with van der Waals surface area (Å²) in [7, 11) is 0. The van der Waals surface area contributed by atoms with E-state index in [0.717, 1.165) is 17.1 Å². The number of nitrogens with zero attached hydrogens (tertiary/aromatic N) is 1. The largest absolute Gasteiger partial charge is 0.364 e. The molecule has 0 amide bonds. The zero-order valence-electron chi connectivity index (χ0n) is 8.64. The molecule has 0 aliphatic rings. The second-order valence-electron chi connectivity index (χ2n) is 3.69. The number of aromatic amines is 3. The predicted molar refractivity (Wildman–Crippen MR) is 61.1 cm³/mol. The number of imidazole rings is 1. The topological polar surface area (TPSA) is 60.3 Å². The van der Waals surface area contributed by atoms with Gasteiger partial charge in [0.1, 0.15) is 0 Å². The Labute approximate surface area is 92.8 Å². The van der Waals surface area contributed by atoms with Crippen LogP contribution in [0.3, 0.4) is 0 Å². The Morgan fingerprint density at radius 3 is 2.00 bits per heavy atom. The maximum absolute atomic E-state index is 4.08. The zero-order chi connectivity index (χ0) is 10.8. The summed E-state index contributed by atoms with van der Waals surface area (Å²) in [5.41, 5.74) is 3.36. The standard InChI is InChI=1S/C12H12N4/c1-3-9(14-5-1)12(10-4-2-6-15-10)11-7-13-8-16-11/h1-8,12,14-15H,(H,13,16). The summed E-state index contributed by atoms with van der Waals surface area (Å²) in [4.78, 5) is 13.7. The second-order valence-corrected chi connectivity index (χ2v) is 3.69. The monoisotopic (exact) mass is 212 g/mol. The summed E-state index contributed by atoms with van der Waals surface area (Å²) in [5, 5.41) is 0. The van der Waals surface area contributed by atoms with Gasteiger partial charge >= 0.3 is 0 Å². The van der Waals surface area contributed by atoms with Crippen molar-refractivity contribution in [2.24, 2.45) is 0 Å². The smallest absolute Gasteiger partial charge is 0.0922 e. The lowest BCUT2D eigenvalue weighted by molar-refractivity contribution is 0.867. The molecule has 0 bridgehead atoms. The van der Waals surface area contributed by atoms with Crippen LogP contribution in [0.4, 0.5) is 0 Å². The van der Waals surface area contributed by atoms with E-state index in [9.17, 15) is 0 Å². The van der Waals surface area contributed by atoms with Crippen molar-refractivity contribution in [1.29, 1.82) is 0 Å². The van der Waals surface area contributed by atoms with Crippen molar-refractivity contribution in [3.05, 3.63) is 66.3 Å². The lowest BCUT2D eigenvalue weighted by Crippen LogP contribution is -2.04. The van der Waals surface area contributed by atoms with Gasteiger partial charge in [-0.15, -0.1) is 0 Å². The summed E-state index contributed by atoms with van der Waals surface area (Å²) >= 11 is 0. The van der Waals surface area contributed by atoms with Crippen molar-refractivity contribution in [1.82, 2.24) is 19.9 Å². The van der Waals surface area contributed by atoms with Gasteiger partial charge in [0.15, 0.2) is 0 Å². The minimum absolute atomic E-state index is 0.160. The zero-order valence-corrected chi connectivity index (χ0v) is 8.64. The number of H-pyrrole nitrogens is 3. The molecule has 16 heavy (non-hydrogen) atoms. The Kier molecular flexibility index (Phi) is 2.11. The van der Waals surface area contributed by atoms with Gasteiger partial charge in [-0.3, -0.25) is 0 Å². The fraction of sp³-hybridized carbons (Fsp3) is 0.0833. The lowest BCUT2D eigenvalue weighted by atomic mass is 9.98. The van der Waals surface area contributed by atoms with E-state index in [0.29, 0.717) is 0 Å². The average molecular weight is 212 g/mol. The van der Waals surface area contributed by atoms with E-state index in [1.807, 2.05) is 30.7 Å². The van der Waals surface area contributed by atoms with E-state index < -0.39 is 0 Å². The van der Waals surface area contributed by atoms with Gasteiger partial charge in [-0.2, -0.15) is 0 Å². The molecule has 4 nitrogen and oxygen atoms in total. The first-order chi connectivity index (χ1) is 7.95. The summed E-state index contributed by atoms with van der Waals surface area (Å²) in [6.45, 7) is 0. The van der Waals surface area contributed by atoms with Gasteiger partial charge in [0.25, 0.3) is 0 Å². The molecule has 80 valence electrons. The van der Waals surface area contributed by atoms with Crippen molar-refractivity contribution in [2.75, 3.05) is 0 Å². The third-order valence-corrected chi connectivity index (χ3v) is 2.70. The van der Waals surface area contributed by atoms with Crippen LogP contribution in [-0.4, -0.2) is 19.9 Å². The van der Waals surface area contributed by atoms with Gasteiger partial charge in [0, 0.05) is 35.7 Å². The lowest BCUT2D eigenvalue weighted by Gasteiger charge is -2.12. The molecule has 0 spiro atoms. The van der Waals surface area contributed by atoms with Gasteiger partial charge in [-0.1, -0.05) is 0 Å². The van der Waals surface area contributed by atoms with Crippen LogP contribution < -0.4 is 0 Å². The quantitative estimate of drug-likeness (QED) is 0.612. The summed E-state index contributed by atoms with van der Waals surface area (Å²) in [5.74, 6) is 0.160. The summed E-state index contributed by atoms with van der Waals surface area (Å²) < 4.78 is 0. The molecule has 0 aliphatic heterocycles. The van der Waals surface area contributed by atoms with E-state index >= 15 is 0 Å². The molecule has 0 radical (unpaired) electrons. The Hall–Kier alpha value is -2.23. The highest BCUT2D eigenvalue weighted by Gasteiger charge is 2.19. The third kappa shape index (κ3) is 1.44. The molecule has 0 unspecified atom stereocenters. The highest BCUT2D eigenvalue weighted by Crippen LogP contribution is 2.27. The number of rotatable bonds is 3. The molecule has 0 saturated carbocycles. The number of aromatic nitrogens is 4. The van der Waals surface area contributed by atoms with Crippen LogP contribution in [0.15, 0.2) is 49.2 Å². The molecule has 3 heterocycles. The molecule has 0 aromatic carbocycles. The second kappa shape index (κ2) is 3.73. The van der Waals surface area contributed by atoms with E-state index in [1.54, 1.807) is 6.33 Å². The van der Waals surface area contributed by atoms with E-state index in [-0.39, 0.29) is 5.92 Å². The molecule has 3 rings (SSSR count). The Morgan fingerprint density at radius 1 is 0.875 bits per heavy atom. The maximum Gasteiger partial charge on any atom is 0.0922 e. The van der Waals surface area contributed by atoms with E-state index in [2.05, 4.69) is 32.1 Å². The predicted octanol–water partition coefficient (Wildman–Crippen LogP) is 2.25. The molecular formula is C12H12N4. The number of hydrogen-bond acceptors (Lipinski definition) is 1. The fourth-order valence-corrected chi connectivity index (χ4v) is 1.97. The van der Waals surface area contributed by atoms with Crippen molar-refractivity contribution in [3.63, 3.8) is 0 Å². The van der Waals surface area contributed by atoms with Gasteiger partial charge in [0.2, 0.25) is 0 Å². The van der Waals surface area contributed by atoms with Crippen LogP contribution in [0.25, 0.3) is 0 Å². The average Bonchev–Trinajstić information content (AvgIpc) is 3.02. The number of nitrogens with one attached hydrogen (secondary N) is 3. The first-order valence-corrected chi connectivity index (χ1v) is 5.20. The van der Waals surface area contributed by atoms with Crippen LogP contribution in [0.2, 0.25) is 0 Å². The molecule has 0 saturated heterocycles. The molecule has 3 aromatic rings. The Morgan fingerprint density at radius 2 is 1.56 bits per heavy atom. The van der Waals surface area contributed by atoms with Crippen LogP contribution in [0, 0.1) is 0 Å². The van der Waals surface area contributed by atoms with Gasteiger partial charge < -0.3 is 15.0 Å². The Bertz CT molecular complexity index is 438. The van der Waals surface area contributed by atoms with Crippen LogP contribution in [0.5, 0.6) is 0 Å². The molecule has 0 atom stereocenters. The first-order valence-electron chi connectivity index (χ1n) is 5.20. The summed E-state index contributed by atoms with van der Waals surface area (Å²) in [6, 6.07) is 8.15. The molecular weight excluding hydrogens is 200 g/mol. The van der Waals surface area contributed by atoms with Crippen molar-refractivity contribution < 1.29 is 0 Å². The molecule has 3 aromatic heterocycles.